The Labute approximate surface area is 131 Å². The molecule has 0 radical (unpaired) electrons. The van der Waals surface area contributed by atoms with E-state index in [0.717, 1.165) is 50.6 Å². The van der Waals surface area contributed by atoms with Crippen LogP contribution in [-0.2, 0) is 17.1 Å². The van der Waals surface area contributed by atoms with Crippen molar-refractivity contribution in [2.24, 2.45) is 18.2 Å². The monoisotopic (exact) mass is 324 g/mol. The van der Waals surface area contributed by atoms with Crippen molar-refractivity contribution < 1.29 is 8.42 Å². The van der Waals surface area contributed by atoms with Gasteiger partial charge in [-0.15, -0.1) is 0 Å². The predicted molar refractivity (Wildman–Crippen MR) is 82.8 cm³/mol. The molecule has 1 heterocycles. The second-order valence-corrected chi connectivity index (χ2v) is 9.03. The van der Waals surface area contributed by atoms with Crippen LogP contribution in [0.2, 0.25) is 0 Å². The zero-order valence-corrected chi connectivity index (χ0v) is 13.8. The highest BCUT2D eigenvalue weighted by Crippen LogP contribution is 2.55. The fourth-order valence-electron chi connectivity index (χ4n) is 3.85. The highest BCUT2D eigenvalue weighted by atomic mass is 32.2. The average Bonchev–Trinajstić information content (AvgIpc) is 3.35. The Morgan fingerprint density at radius 3 is 2.50 bits per heavy atom. The van der Waals surface area contributed by atoms with Crippen molar-refractivity contribution in [3.05, 3.63) is 11.8 Å². The van der Waals surface area contributed by atoms with Gasteiger partial charge in [0, 0.05) is 31.1 Å². The van der Waals surface area contributed by atoms with Gasteiger partial charge < -0.3 is 5.73 Å². The maximum atomic E-state index is 12.6. The van der Waals surface area contributed by atoms with Crippen LogP contribution in [0.4, 0.5) is 0 Å². The number of rotatable bonds is 4. The van der Waals surface area contributed by atoms with Crippen molar-refractivity contribution in [1.82, 2.24) is 14.5 Å². The molecule has 6 nitrogen and oxygen atoms in total. The SMILES string of the molecule is Cn1nc(C2CC2)cc1S(=O)(=O)NC1CCC2(CC1)CC2N. The number of nitrogens with two attached hydrogens (primary N) is 1. The van der Waals surface area contributed by atoms with Gasteiger partial charge in [-0.3, -0.25) is 4.68 Å². The van der Waals surface area contributed by atoms with Crippen LogP contribution in [0.25, 0.3) is 0 Å². The first-order valence-electron chi connectivity index (χ1n) is 8.21. The Morgan fingerprint density at radius 1 is 1.32 bits per heavy atom. The Kier molecular flexibility index (Phi) is 3.19. The summed E-state index contributed by atoms with van der Waals surface area (Å²) in [6, 6.07) is 2.10. The van der Waals surface area contributed by atoms with Crippen molar-refractivity contribution in [1.29, 1.82) is 0 Å². The summed E-state index contributed by atoms with van der Waals surface area (Å²) >= 11 is 0. The van der Waals surface area contributed by atoms with Gasteiger partial charge in [0.25, 0.3) is 10.0 Å². The van der Waals surface area contributed by atoms with Crippen LogP contribution in [-0.4, -0.2) is 30.3 Å². The lowest BCUT2D eigenvalue weighted by Gasteiger charge is -2.29. The summed E-state index contributed by atoms with van der Waals surface area (Å²) in [5.74, 6) is 0.459. The van der Waals surface area contributed by atoms with Crippen LogP contribution in [0, 0.1) is 5.41 Å². The predicted octanol–water partition coefficient (Wildman–Crippen LogP) is 1.24. The second-order valence-electron chi connectivity index (χ2n) is 7.37. The van der Waals surface area contributed by atoms with Crippen LogP contribution < -0.4 is 10.5 Å². The van der Waals surface area contributed by atoms with E-state index in [9.17, 15) is 8.42 Å². The van der Waals surface area contributed by atoms with E-state index >= 15 is 0 Å². The molecular formula is C15H24N4O2S. The first kappa shape index (κ1) is 14.7. The Balaban J connectivity index is 1.45. The Bertz CT molecular complexity index is 684. The van der Waals surface area contributed by atoms with Crippen LogP contribution in [0.1, 0.15) is 56.6 Å². The first-order valence-corrected chi connectivity index (χ1v) is 9.70. The lowest BCUT2D eigenvalue weighted by atomic mass is 9.83. The molecule has 7 heteroatoms. The zero-order chi connectivity index (χ0) is 15.5. The highest BCUT2D eigenvalue weighted by molar-refractivity contribution is 7.89. The fraction of sp³-hybridized carbons (Fsp3) is 0.800. The third-order valence-corrected chi connectivity index (χ3v) is 7.26. The molecule has 4 rings (SSSR count). The smallest absolute Gasteiger partial charge is 0.257 e. The minimum atomic E-state index is -3.49. The summed E-state index contributed by atoms with van der Waals surface area (Å²) in [6.45, 7) is 0. The number of hydrogen-bond donors (Lipinski definition) is 2. The largest absolute Gasteiger partial charge is 0.327 e. The van der Waals surface area contributed by atoms with Gasteiger partial charge in [0.2, 0.25) is 0 Å². The zero-order valence-electron chi connectivity index (χ0n) is 13.0. The lowest BCUT2D eigenvalue weighted by molar-refractivity contribution is 0.286. The molecule has 3 aliphatic carbocycles. The molecule has 3 N–H and O–H groups in total. The van der Waals surface area contributed by atoms with E-state index < -0.39 is 10.0 Å². The van der Waals surface area contributed by atoms with Crippen LogP contribution in [0.15, 0.2) is 11.1 Å². The van der Waals surface area contributed by atoms with E-state index in [0.29, 0.717) is 17.4 Å². The van der Waals surface area contributed by atoms with Gasteiger partial charge in [0.1, 0.15) is 0 Å². The summed E-state index contributed by atoms with van der Waals surface area (Å²) in [7, 11) is -1.78. The molecule has 0 aromatic carbocycles. The average molecular weight is 324 g/mol. The summed E-state index contributed by atoms with van der Waals surface area (Å²) in [4.78, 5) is 0. The molecule has 0 amide bonds. The number of sulfonamides is 1. The number of hydrogen-bond acceptors (Lipinski definition) is 4. The molecule has 1 aromatic rings. The number of nitrogens with one attached hydrogen (secondary N) is 1. The van der Waals surface area contributed by atoms with Crippen molar-refractivity contribution in [2.45, 2.75) is 68.0 Å². The number of nitrogens with zero attached hydrogens (tertiary/aromatic N) is 2. The van der Waals surface area contributed by atoms with Gasteiger partial charge >= 0.3 is 0 Å². The summed E-state index contributed by atoms with van der Waals surface area (Å²) in [5.41, 5.74) is 7.24. The highest BCUT2D eigenvalue weighted by Gasteiger charge is 2.53. The van der Waals surface area contributed by atoms with E-state index in [1.807, 2.05) is 0 Å². The molecule has 1 unspecified atom stereocenters. The van der Waals surface area contributed by atoms with E-state index in [4.69, 9.17) is 5.73 Å². The van der Waals surface area contributed by atoms with E-state index in [-0.39, 0.29) is 11.1 Å². The molecular weight excluding hydrogens is 300 g/mol. The quantitative estimate of drug-likeness (QED) is 0.872. The van der Waals surface area contributed by atoms with Crippen molar-refractivity contribution in [2.75, 3.05) is 0 Å². The minimum Gasteiger partial charge on any atom is -0.327 e. The maximum Gasteiger partial charge on any atom is 0.257 e. The van der Waals surface area contributed by atoms with Gasteiger partial charge in [-0.25, -0.2) is 13.1 Å². The van der Waals surface area contributed by atoms with E-state index in [2.05, 4.69) is 9.82 Å². The summed E-state index contributed by atoms with van der Waals surface area (Å²) < 4.78 is 29.6. The molecule has 1 spiro atoms. The summed E-state index contributed by atoms with van der Waals surface area (Å²) in [5, 5.41) is 4.65. The molecule has 0 saturated heterocycles. The number of aromatic nitrogens is 2. The van der Waals surface area contributed by atoms with E-state index in [1.165, 1.54) is 4.68 Å². The second kappa shape index (κ2) is 4.79. The summed E-state index contributed by atoms with van der Waals surface area (Å²) in [6.07, 6.45) is 7.21. The fourth-order valence-corrected chi connectivity index (χ4v) is 5.31. The molecule has 122 valence electrons. The van der Waals surface area contributed by atoms with Gasteiger partial charge in [-0.1, -0.05) is 0 Å². The van der Waals surface area contributed by atoms with Gasteiger partial charge in [-0.05, 0) is 50.4 Å². The van der Waals surface area contributed by atoms with Crippen molar-refractivity contribution in [3.63, 3.8) is 0 Å². The Hall–Kier alpha value is -0.920. The third-order valence-electron chi connectivity index (χ3n) is 5.68. The number of aryl methyl sites for hydroxylation is 1. The third kappa shape index (κ3) is 2.49. The van der Waals surface area contributed by atoms with Crippen LogP contribution >= 0.6 is 0 Å². The van der Waals surface area contributed by atoms with Crippen molar-refractivity contribution in [3.8, 4) is 0 Å². The van der Waals surface area contributed by atoms with Crippen LogP contribution in [0.5, 0.6) is 0 Å². The topological polar surface area (TPSA) is 90.0 Å². The Morgan fingerprint density at radius 2 is 1.95 bits per heavy atom. The molecule has 0 bridgehead atoms. The van der Waals surface area contributed by atoms with Crippen LogP contribution in [0.3, 0.4) is 0 Å². The molecule has 3 saturated carbocycles. The minimum absolute atomic E-state index is 0.0303. The first-order chi connectivity index (χ1) is 10.4. The molecule has 22 heavy (non-hydrogen) atoms. The molecule has 3 aliphatic rings. The van der Waals surface area contributed by atoms with Gasteiger partial charge in [0.15, 0.2) is 5.03 Å². The standard InChI is InChI=1S/C15H24N4O2S/c1-19-14(8-12(17-19)10-2-3-10)22(20,21)18-11-4-6-15(7-5-11)9-13(15)16/h8,10-11,13,18H,2-7,9,16H2,1H3. The van der Waals surface area contributed by atoms with Gasteiger partial charge in [0.05, 0.1) is 5.69 Å². The molecule has 1 aromatic heterocycles. The normalized spacial score (nSPS) is 35.0. The maximum absolute atomic E-state index is 12.6. The van der Waals surface area contributed by atoms with Gasteiger partial charge in [-0.2, -0.15) is 5.10 Å². The van der Waals surface area contributed by atoms with E-state index in [1.54, 1.807) is 13.1 Å². The molecule has 1 atom stereocenters. The lowest BCUT2D eigenvalue weighted by Crippen LogP contribution is -2.39. The molecule has 3 fully saturated rings. The van der Waals surface area contributed by atoms with Crippen molar-refractivity contribution >= 4 is 10.0 Å². The molecule has 0 aliphatic heterocycles.